The third-order valence-electron chi connectivity index (χ3n) is 1.81. The number of nitro benzene ring substituents is 1. The zero-order chi connectivity index (χ0) is 10.8. The largest absolute Gasteiger partial charge is 0.330 e. The summed E-state index contributed by atoms with van der Waals surface area (Å²) in [5.41, 5.74) is -0.555. The smallest absolute Gasteiger partial charge is 0.258 e. The molecule has 0 saturated carbocycles. The van der Waals surface area contributed by atoms with Gasteiger partial charge in [-0.3, -0.25) is 10.1 Å². The summed E-state index contributed by atoms with van der Waals surface area (Å²) in [5, 5.41) is 14.3. The van der Waals surface area contributed by atoms with Crippen molar-refractivity contribution in [3.63, 3.8) is 0 Å². The molecule has 1 aromatic carbocycles. The molecule has 0 atom stereocenters. The van der Waals surface area contributed by atoms with Crippen LogP contribution in [0.25, 0.3) is 5.69 Å². The number of benzene rings is 1. The van der Waals surface area contributed by atoms with E-state index in [9.17, 15) is 14.5 Å². The summed E-state index contributed by atoms with van der Waals surface area (Å²) in [4.78, 5) is 13.5. The number of nitro groups is 1. The minimum atomic E-state index is -0.895. The van der Waals surface area contributed by atoms with E-state index in [4.69, 9.17) is 0 Å². The van der Waals surface area contributed by atoms with E-state index in [1.807, 2.05) is 0 Å². The summed E-state index contributed by atoms with van der Waals surface area (Å²) >= 11 is 0. The molecule has 2 aromatic rings. The molecule has 2 rings (SSSR count). The molecule has 0 spiro atoms. The quantitative estimate of drug-likeness (QED) is 0.551. The van der Waals surface area contributed by atoms with Crippen molar-refractivity contribution in [3.05, 3.63) is 46.8 Å². The van der Waals surface area contributed by atoms with Crippen molar-refractivity contribution in [1.29, 1.82) is 0 Å². The number of halogens is 1. The third kappa shape index (κ3) is 1.54. The van der Waals surface area contributed by atoms with Crippen molar-refractivity contribution in [2.75, 3.05) is 0 Å². The highest BCUT2D eigenvalue weighted by Gasteiger charge is 2.21. The fraction of sp³-hybridized carbons (Fsp3) is 0. The Morgan fingerprint density at radius 1 is 1.47 bits per heavy atom. The number of rotatable bonds is 2. The molecule has 15 heavy (non-hydrogen) atoms. The van der Waals surface area contributed by atoms with Crippen LogP contribution in [-0.4, -0.2) is 19.7 Å². The van der Waals surface area contributed by atoms with E-state index in [0.717, 1.165) is 10.7 Å². The lowest BCUT2D eigenvalue weighted by molar-refractivity contribution is -0.387. The summed E-state index contributed by atoms with van der Waals surface area (Å²) in [7, 11) is 0. The van der Waals surface area contributed by atoms with E-state index < -0.39 is 16.4 Å². The molecule has 0 bridgehead atoms. The van der Waals surface area contributed by atoms with Gasteiger partial charge in [0.25, 0.3) is 0 Å². The molecular weight excluding hydrogens is 203 g/mol. The van der Waals surface area contributed by atoms with Gasteiger partial charge in [0, 0.05) is 0 Å². The van der Waals surface area contributed by atoms with Gasteiger partial charge in [-0.2, -0.15) is 9.49 Å². The van der Waals surface area contributed by atoms with Crippen LogP contribution >= 0.6 is 0 Å². The summed E-state index contributed by atoms with van der Waals surface area (Å²) in [5.74, 6) is -0.895. The Hall–Kier alpha value is -2.31. The zero-order valence-corrected chi connectivity index (χ0v) is 7.37. The van der Waals surface area contributed by atoms with Gasteiger partial charge in [-0.15, -0.1) is 0 Å². The van der Waals surface area contributed by atoms with Crippen LogP contribution < -0.4 is 0 Å². The second kappa shape index (κ2) is 3.45. The van der Waals surface area contributed by atoms with Gasteiger partial charge in [0.1, 0.15) is 18.3 Å². The minimum absolute atomic E-state index is 0.0532. The molecule has 0 aliphatic rings. The maximum absolute atomic E-state index is 13.2. The second-order valence-electron chi connectivity index (χ2n) is 2.70. The maximum Gasteiger partial charge on any atom is 0.330 e. The molecule has 0 aliphatic carbocycles. The van der Waals surface area contributed by atoms with Crippen molar-refractivity contribution in [2.24, 2.45) is 0 Å². The Morgan fingerprint density at radius 2 is 2.27 bits per heavy atom. The number of hydrogen-bond donors (Lipinski definition) is 0. The molecule has 0 fully saturated rings. The molecule has 0 N–H and O–H groups in total. The van der Waals surface area contributed by atoms with E-state index in [-0.39, 0.29) is 5.69 Å². The van der Waals surface area contributed by atoms with Crippen molar-refractivity contribution in [2.45, 2.75) is 0 Å². The van der Waals surface area contributed by atoms with Crippen molar-refractivity contribution >= 4 is 5.69 Å². The van der Waals surface area contributed by atoms with Crippen LogP contribution in [0.2, 0.25) is 0 Å². The van der Waals surface area contributed by atoms with Crippen LogP contribution in [0.4, 0.5) is 10.1 Å². The molecule has 1 aromatic heterocycles. The zero-order valence-electron chi connectivity index (χ0n) is 7.37. The Morgan fingerprint density at radius 3 is 2.87 bits per heavy atom. The molecule has 0 aliphatic heterocycles. The Kier molecular flexibility index (Phi) is 2.13. The van der Waals surface area contributed by atoms with E-state index in [1.54, 1.807) is 0 Å². The lowest BCUT2D eigenvalue weighted by Gasteiger charge is -2.01. The van der Waals surface area contributed by atoms with Gasteiger partial charge in [0.2, 0.25) is 5.82 Å². The fourth-order valence-electron chi connectivity index (χ4n) is 1.20. The first-order valence-corrected chi connectivity index (χ1v) is 3.98. The molecule has 0 radical (unpaired) electrons. The van der Waals surface area contributed by atoms with E-state index in [0.29, 0.717) is 0 Å². The standard InChI is InChI=1S/C8H5FN4O2/c9-6-2-1-3-7(8(6)13(14)15)12-5-10-4-11-12/h1-5H. The Bertz CT molecular complexity index is 497. The maximum atomic E-state index is 13.2. The second-order valence-corrected chi connectivity index (χ2v) is 2.70. The predicted octanol–water partition coefficient (Wildman–Crippen LogP) is 1.31. The highest BCUT2D eigenvalue weighted by atomic mass is 19.1. The molecular formula is C8H5FN4O2. The first-order valence-electron chi connectivity index (χ1n) is 3.98. The summed E-state index contributed by atoms with van der Waals surface area (Å²) in [6, 6.07) is 3.80. The lowest BCUT2D eigenvalue weighted by atomic mass is 10.2. The van der Waals surface area contributed by atoms with Crippen LogP contribution in [0.1, 0.15) is 0 Å². The van der Waals surface area contributed by atoms with Gasteiger partial charge in [-0.05, 0) is 12.1 Å². The van der Waals surface area contributed by atoms with Gasteiger partial charge in [0.05, 0.1) is 4.92 Å². The molecule has 0 unspecified atom stereocenters. The molecule has 7 heteroatoms. The normalized spacial score (nSPS) is 10.2. The van der Waals surface area contributed by atoms with Crippen LogP contribution in [0.5, 0.6) is 0 Å². The molecule has 0 saturated heterocycles. The first-order chi connectivity index (χ1) is 7.20. The topological polar surface area (TPSA) is 73.8 Å². The van der Waals surface area contributed by atoms with Gasteiger partial charge in [0.15, 0.2) is 0 Å². The summed E-state index contributed by atoms with van der Waals surface area (Å²) in [6.07, 6.45) is 2.48. The van der Waals surface area contributed by atoms with Gasteiger partial charge in [-0.25, -0.2) is 9.67 Å². The third-order valence-corrected chi connectivity index (χ3v) is 1.81. The Labute approximate surface area is 83.1 Å². The molecule has 6 nitrogen and oxygen atoms in total. The SMILES string of the molecule is O=[N+]([O-])c1c(F)cccc1-n1cncn1. The van der Waals surface area contributed by atoms with Crippen LogP contribution in [0.15, 0.2) is 30.9 Å². The Balaban J connectivity index is 2.66. The highest BCUT2D eigenvalue weighted by Crippen LogP contribution is 2.24. The van der Waals surface area contributed by atoms with Crippen molar-refractivity contribution < 1.29 is 9.31 Å². The van der Waals surface area contributed by atoms with E-state index >= 15 is 0 Å². The number of para-hydroxylation sites is 1. The van der Waals surface area contributed by atoms with Crippen molar-refractivity contribution in [3.8, 4) is 5.69 Å². The fourth-order valence-corrected chi connectivity index (χ4v) is 1.20. The average Bonchev–Trinajstić information content (AvgIpc) is 2.69. The highest BCUT2D eigenvalue weighted by molar-refractivity contribution is 5.52. The van der Waals surface area contributed by atoms with Gasteiger partial charge >= 0.3 is 5.69 Å². The molecule has 76 valence electrons. The number of hydrogen-bond acceptors (Lipinski definition) is 4. The van der Waals surface area contributed by atoms with Crippen LogP contribution in [-0.2, 0) is 0 Å². The van der Waals surface area contributed by atoms with Gasteiger partial charge in [-0.1, -0.05) is 6.07 Å². The summed E-state index contributed by atoms with van der Waals surface area (Å²) < 4.78 is 14.3. The minimum Gasteiger partial charge on any atom is -0.258 e. The number of aromatic nitrogens is 3. The first kappa shape index (κ1) is 9.25. The van der Waals surface area contributed by atoms with Crippen molar-refractivity contribution in [1.82, 2.24) is 14.8 Å². The monoisotopic (exact) mass is 208 g/mol. The number of nitrogens with zero attached hydrogens (tertiary/aromatic N) is 4. The van der Waals surface area contributed by atoms with Gasteiger partial charge < -0.3 is 0 Å². The molecule has 0 amide bonds. The summed E-state index contributed by atoms with van der Waals surface area (Å²) in [6.45, 7) is 0. The van der Waals surface area contributed by atoms with Crippen LogP contribution in [0, 0.1) is 15.9 Å². The lowest BCUT2D eigenvalue weighted by Crippen LogP contribution is -2.02. The molecule has 1 heterocycles. The predicted molar refractivity (Wildman–Crippen MR) is 48.0 cm³/mol. The van der Waals surface area contributed by atoms with E-state index in [1.165, 1.54) is 24.8 Å². The van der Waals surface area contributed by atoms with Crippen LogP contribution in [0.3, 0.4) is 0 Å². The van der Waals surface area contributed by atoms with E-state index in [2.05, 4.69) is 10.1 Å². The average molecular weight is 208 g/mol.